The summed E-state index contributed by atoms with van der Waals surface area (Å²) in [6, 6.07) is 11.4. The topological polar surface area (TPSA) is 84.2 Å². The highest BCUT2D eigenvalue weighted by molar-refractivity contribution is 7.07. The Bertz CT molecular complexity index is 1230. The van der Waals surface area contributed by atoms with Gasteiger partial charge in [-0.3, -0.25) is 0 Å². The summed E-state index contributed by atoms with van der Waals surface area (Å²) >= 11 is 1.52. The lowest BCUT2D eigenvalue weighted by molar-refractivity contribution is 0.0532. The van der Waals surface area contributed by atoms with Crippen LogP contribution < -0.4 is 15.0 Å². The Hall–Kier alpha value is -3.28. The monoisotopic (exact) mass is 526 g/mol. The third-order valence-corrected chi connectivity index (χ3v) is 7.26. The van der Waals surface area contributed by atoms with Crippen molar-refractivity contribution in [3.05, 3.63) is 58.6 Å². The molecular formula is C26H31FN6O3S. The van der Waals surface area contributed by atoms with E-state index in [-0.39, 0.29) is 6.03 Å². The van der Waals surface area contributed by atoms with Gasteiger partial charge in [-0.05, 0) is 36.2 Å². The fourth-order valence-corrected chi connectivity index (χ4v) is 5.32. The van der Waals surface area contributed by atoms with Crippen molar-refractivity contribution in [2.75, 3.05) is 64.1 Å². The summed E-state index contributed by atoms with van der Waals surface area (Å²) in [7, 11) is 0. The molecule has 2 saturated heterocycles. The summed E-state index contributed by atoms with van der Waals surface area (Å²) < 4.78 is 26.3. The van der Waals surface area contributed by atoms with Gasteiger partial charge in [-0.15, -0.1) is 11.3 Å². The first-order valence-electron chi connectivity index (χ1n) is 12.6. The number of rotatable bonds is 7. The van der Waals surface area contributed by atoms with Gasteiger partial charge in [0, 0.05) is 50.3 Å². The molecule has 0 radical (unpaired) electrons. The van der Waals surface area contributed by atoms with Crippen molar-refractivity contribution in [1.82, 2.24) is 19.8 Å². The minimum atomic E-state index is -0.393. The first kappa shape index (κ1) is 25.4. The maximum atomic E-state index is 13.3. The molecule has 2 fully saturated rings. The normalized spacial score (nSPS) is 16.7. The van der Waals surface area contributed by atoms with Crippen molar-refractivity contribution in [2.24, 2.45) is 4.99 Å². The van der Waals surface area contributed by atoms with Gasteiger partial charge in [-0.25, -0.2) is 19.2 Å². The van der Waals surface area contributed by atoms with Crippen LogP contribution in [0.2, 0.25) is 0 Å². The van der Waals surface area contributed by atoms with Crippen LogP contribution in [0.15, 0.2) is 53.0 Å². The average molecular weight is 527 g/mol. The number of halogens is 1. The third-order valence-electron chi connectivity index (χ3n) is 6.39. The molecular weight excluding hydrogens is 495 g/mol. The van der Waals surface area contributed by atoms with Gasteiger partial charge in [0.15, 0.2) is 10.6 Å². The Labute approximate surface area is 219 Å². The number of anilines is 1. The zero-order chi connectivity index (χ0) is 25.5. The van der Waals surface area contributed by atoms with Crippen LogP contribution >= 0.6 is 11.3 Å². The number of carbonyl (C=O) groups is 1. The van der Waals surface area contributed by atoms with Gasteiger partial charge in [0.2, 0.25) is 0 Å². The van der Waals surface area contributed by atoms with Crippen molar-refractivity contribution in [3.8, 4) is 11.3 Å². The minimum Gasteiger partial charge on any atom is -0.378 e. The number of hydrogen-bond donors (Lipinski definition) is 1. The summed E-state index contributed by atoms with van der Waals surface area (Å²) in [5.41, 5.74) is 3.30. The predicted molar refractivity (Wildman–Crippen MR) is 141 cm³/mol. The molecule has 0 bridgehead atoms. The van der Waals surface area contributed by atoms with Gasteiger partial charge in [-0.2, -0.15) is 0 Å². The van der Waals surface area contributed by atoms with Crippen LogP contribution in [0.1, 0.15) is 6.42 Å². The molecule has 0 unspecified atom stereocenters. The first-order chi connectivity index (χ1) is 18.2. The number of nitrogens with one attached hydrogen (secondary N) is 1. The Morgan fingerprint density at radius 3 is 2.46 bits per heavy atom. The summed E-state index contributed by atoms with van der Waals surface area (Å²) in [6.07, 6.45) is 1.90. The Morgan fingerprint density at radius 1 is 1.03 bits per heavy atom. The Balaban J connectivity index is 1.33. The van der Waals surface area contributed by atoms with Crippen LogP contribution in [0.3, 0.4) is 0 Å². The predicted octanol–water partition coefficient (Wildman–Crippen LogP) is 3.25. The van der Waals surface area contributed by atoms with E-state index in [2.05, 4.69) is 54.4 Å². The third kappa shape index (κ3) is 6.54. The van der Waals surface area contributed by atoms with E-state index in [0.29, 0.717) is 45.2 Å². The van der Waals surface area contributed by atoms with Crippen molar-refractivity contribution in [1.29, 1.82) is 0 Å². The number of amides is 2. The second kappa shape index (κ2) is 12.3. The maximum absolute atomic E-state index is 13.3. The van der Waals surface area contributed by atoms with Crippen molar-refractivity contribution in [3.63, 3.8) is 0 Å². The van der Waals surface area contributed by atoms with E-state index in [1.54, 1.807) is 11.0 Å². The lowest BCUT2D eigenvalue weighted by Crippen LogP contribution is -2.46. The molecule has 3 aromatic rings. The zero-order valence-electron chi connectivity index (χ0n) is 20.6. The van der Waals surface area contributed by atoms with Gasteiger partial charge in [0.05, 0.1) is 38.3 Å². The summed E-state index contributed by atoms with van der Waals surface area (Å²) in [6.45, 7) is 6.86. The molecule has 11 heteroatoms. The van der Waals surface area contributed by atoms with E-state index < -0.39 is 5.82 Å². The molecule has 0 saturated carbocycles. The van der Waals surface area contributed by atoms with E-state index in [9.17, 15) is 9.18 Å². The van der Waals surface area contributed by atoms with Crippen molar-refractivity contribution in [2.45, 2.75) is 13.0 Å². The molecule has 4 heterocycles. The number of hydrogen-bond acceptors (Lipinski definition) is 7. The highest BCUT2D eigenvalue weighted by Gasteiger charge is 2.16. The Morgan fingerprint density at radius 2 is 1.76 bits per heavy atom. The Kier molecular flexibility index (Phi) is 8.44. The van der Waals surface area contributed by atoms with Gasteiger partial charge in [0.25, 0.3) is 0 Å². The number of urea groups is 1. The quantitative estimate of drug-likeness (QED) is 0.478. The van der Waals surface area contributed by atoms with E-state index >= 15 is 0 Å². The number of aromatic nitrogens is 2. The van der Waals surface area contributed by atoms with E-state index in [0.717, 1.165) is 48.8 Å². The molecule has 5 rings (SSSR count). The standard InChI is InChI=1S/C26H31FN6O3S/c27-21-4-7-24(29-18-21)30-26-33(9-1-8-28-25(34)32-12-16-36-17-13-32)23(19-37-26)20-2-5-22(6-3-20)31-10-14-35-15-11-31/h2-7,18-19H,1,8-17H2,(H,28,34). The highest BCUT2D eigenvalue weighted by atomic mass is 32.1. The fraction of sp³-hybridized carbons (Fsp3) is 0.423. The van der Waals surface area contributed by atoms with Crippen LogP contribution in [0, 0.1) is 5.82 Å². The zero-order valence-corrected chi connectivity index (χ0v) is 21.5. The molecule has 37 heavy (non-hydrogen) atoms. The lowest BCUT2D eigenvalue weighted by Gasteiger charge is -2.29. The van der Waals surface area contributed by atoms with Gasteiger partial charge in [0.1, 0.15) is 5.82 Å². The summed E-state index contributed by atoms with van der Waals surface area (Å²) in [4.78, 5) is 26.1. The number of thiazole rings is 1. The van der Waals surface area contributed by atoms with Crippen LogP contribution in [-0.2, 0) is 16.0 Å². The maximum Gasteiger partial charge on any atom is 0.317 e. The van der Waals surface area contributed by atoms with E-state index in [1.165, 1.54) is 29.3 Å². The fourth-order valence-electron chi connectivity index (χ4n) is 4.37. The van der Waals surface area contributed by atoms with Gasteiger partial charge in [-0.1, -0.05) is 12.1 Å². The van der Waals surface area contributed by atoms with Crippen LogP contribution in [0.25, 0.3) is 11.3 Å². The van der Waals surface area contributed by atoms with Crippen LogP contribution in [0.4, 0.5) is 20.7 Å². The lowest BCUT2D eigenvalue weighted by atomic mass is 10.1. The number of morpholine rings is 2. The van der Waals surface area contributed by atoms with Crippen LogP contribution in [-0.4, -0.2) is 79.6 Å². The molecule has 1 N–H and O–H groups in total. The summed E-state index contributed by atoms with van der Waals surface area (Å²) in [5, 5.41) is 5.10. The number of nitrogens with zero attached hydrogens (tertiary/aromatic N) is 5. The smallest absolute Gasteiger partial charge is 0.317 e. The molecule has 1 aromatic carbocycles. The summed E-state index contributed by atoms with van der Waals surface area (Å²) in [5.74, 6) is 0.0573. The largest absolute Gasteiger partial charge is 0.378 e. The number of ether oxygens (including phenoxy) is 2. The SMILES string of the molecule is O=C(NCCCn1c(-c2ccc(N3CCOCC3)cc2)csc1=Nc1ccc(F)cn1)N1CCOCC1. The van der Waals surface area contributed by atoms with Gasteiger partial charge < -0.3 is 29.2 Å². The van der Waals surface area contributed by atoms with E-state index in [1.807, 2.05) is 0 Å². The molecule has 2 aliphatic heterocycles. The number of carbonyl (C=O) groups excluding carboxylic acids is 1. The molecule has 0 aliphatic carbocycles. The number of benzene rings is 1. The first-order valence-corrected chi connectivity index (χ1v) is 13.4. The average Bonchev–Trinajstić information content (AvgIpc) is 3.35. The van der Waals surface area contributed by atoms with Gasteiger partial charge >= 0.3 is 6.03 Å². The highest BCUT2D eigenvalue weighted by Crippen LogP contribution is 2.25. The van der Waals surface area contributed by atoms with Crippen molar-refractivity contribution < 1.29 is 18.7 Å². The van der Waals surface area contributed by atoms with Crippen molar-refractivity contribution >= 4 is 28.9 Å². The van der Waals surface area contributed by atoms with Crippen LogP contribution in [0.5, 0.6) is 0 Å². The second-order valence-corrected chi connectivity index (χ2v) is 9.67. The minimum absolute atomic E-state index is 0.0574. The molecule has 2 amide bonds. The number of pyridine rings is 1. The molecule has 0 atom stereocenters. The molecule has 196 valence electrons. The molecule has 0 spiro atoms. The molecule has 9 nitrogen and oxygen atoms in total. The van der Waals surface area contributed by atoms with E-state index in [4.69, 9.17) is 9.47 Å². The molecule has 2 aromatic heterocycles. The second-order valence-electron chi connectivity index (χ2n) is 8.83. The molecule has 2 aliphatic rings.